The summed E-state index contributed by atoms with van der Waals surface area (Å²) in [6.45, 7) is 3.71. The molecule has 0 fully saturated rings. The second-order valence-corrected chi connectivity index (χ2v) is 3.09. The summed E-state index contributed by atoms with van der Waals surface area (Å²) in [5.41, 5.74) is 2.23. The third-order valence-electron chi connectivity index (χ3n) is 1.90. The van der Waals surface area contributed by atoms with Crippen molar-refractivity contribution in [3.05, 3.63) is 35.9 Å². The molecule has 0 spiro atoms. The van der Waals surface area contributed by atoms with Gasteiger partial charge in [-0.3, -0.25) is 0 Å². The van der Waals surface area contributed by atoms with Gasteiger partial charge in [-0.2, -0.15) is 0 Å². The highest BCUT2D eigenvalue weighted by molar-refractivity contribution is 6.18. The summed E-state index contributed by atoms with van der Waals surface area (Å²) in [6.07, 6.45) is 2.64. The third kappa shape index (κ3) is 2.49. The Morgan fingerprint density at radius 3 is 2.85 bits per heavy atom. The first-order valence-electron chi connectivity index (χ1n) is 4.17. The summed E-state index contributed by atoms with van der Waals surface area (Å²) in [5.74, 6) is 1.50. The Morgan fingerprint density at radius 2 is 2.31 bits per heavy atom. The van der Waals surface area contributed by atoms with Crippen LogP contribution >= 0.6 is 11.6 Å². The molecule has 0 atom stereocenters. The summed E-state index contributed by atoms with van der Waals surface area (Å²) in [6, 6.07) is 5.97. The molecule has 0 amide bonds. The molecule has 0 aliphatic heterocycles. The van der Waals surface area contributed by atoms with E-state index in [-0.39, 0.29) is 0 Å². The molecule has 1 aromatic carbocycles. The quantitative estimate of drug-likeness (QED) is 0.673. The molecule has 0 unspecified atom stereocenters. The Balaban J connectivity index is 3.02. The summed E-state index contributed by atoms with van der Waals surface area (Å²) >= 11 is 5.68. The van der Waals surface area contributed by atoms with Crippen LogP contribution in [0.3, 0.4) is 0 Å². The van der Waals surface area contributed by atoms with Crippen molar-refractivity contribution in [2.75, 3.05) is 13.0 Å². The van der Waals surface area contributed by atoms with Crippen molar-refractivity contribution in [1.82, 2.24) is 0 Å². The van der Waals surface area contributed by atoms with Crippen molar-refractivity contribution in [3.63, 3.8) is 0 Å². The van der Waals surface area contributed by atoms with Crippen molar-refractivity contribution < 1.29 is 4.74 Å². The summed E-state index contributed by atoms with van der Waals surface area (Å²) in [4.78, 5) is 0. The summed E-state index contributed by atoms with van der Waals surface area (Å²) in [5, 5.41) is 0. The van der Waals surface area contributed by atoms with Gasteiger partial charge in [0, 0.05) is 5.88 Å². The standard InChI is InChI=1S/C11H13ClO/c1-3-9-4-5-11(13-2)10(8-9)6-7-12/h3-5,8H,1,6-7H2,2H3. The number of methoxy groups -OCH3 is 1. The minimum atomic E-state index is 0.608. The van der Waals surface area contributed by atoms with Crippen LogP contribution in [0.1, 0.15) is 11.1 Å². The zero-order valence-corrected chi connectivity index (χ0v) is 8.47. The molecule has 0 aliphatic rings. The van der Waals surface area contributed by atoms with Crippen molar-refractivity contribution in [2.24, 2.45) is 0 Å². The average Bonchev–Trinajstić information content (AvgIpc) is 2.18. The molecule has 0 heterocycles. The maximum Gasteiger partial charge on any atom is 0.122 e. The van der Waals surface area contributed by atoms with Crippen LogP contribution in [-0.2, 0) is 6.42 Å². The highest BCUT2D eigenvalue weighted by Crippen LogP contribution is 2.21. The zero-order chi connectivity index (χ0) is 9.68. The lowest BCUT2D eigenvalue weighted by molar-refractivity contribution is 0.410. The van der Waals surface area contributed by atoms with Crippen LogP contribution in [-0.4, -0.2) is 13.0 Å². The van der Waals surface area contributed by atoms with Gasteiger partial charge in [0.15, 0.2) is 0 Å². The molecule has 1 rings (SSSR count). The van der Waals surface area contributed by atoms with E-state index in [1.54, 1.807) is 7.11 Å². The second kappa shape index (κ2) is 4.93. The fraction of sp³-hybridized carbons (Fsp3) is 0.273. The molecule has 0 radical (unpaired) electrons. The van der Waals surface area contributed by atoms with Gasteiger partial charge in [-0.1, -0.05) is 18.7 Å². The van der Waals surface area contributed by atoms with Crippen molar-refractivity contribution in [2.45, 2.75) is 6.42 Å². The van der Waals surface area contributed by atoms with Gasteiger partial charge in [0.25, 0.3) is 0 Å². The molecular formula is C11H13ClO. The van der Waals surface area contributed by atoms with E-state index >= 15 is 0 Å². The number of rotatable bonds is 4. The number of benzene rings is 1. The number of halogens is 1. The smallest absolute Gasteiger partial charge is 0.122 e. The number of hydrogen-bond donors (Lipinski definition) is 0. The van der Waals surface area contributed by atoms with E-state index in [9.17, 15) is 0 Å². The fourth-order valence-corrected chi connectivity index (χ4v) is 1.43. The predicted octanol–water partition coefficient (Wildman–Crippen LogP) is 3.12. The molecule has 0 saturated heterocycles. The first-order valence-corrected chi connectivity index (χ1v) is 4.70. The van der Waals surface area contributed by atoms with Crippen LogP contribution in [0.4, 0.5) is 0 Å². The minimum Gasteiger partial charge on any atom is -0.496 e. The van der Waals surface area contributed by atoms with E-state index in [2.05, 4.69) is 6.58 Å². The fourth-order valence-electron chi connectivity index (χ4n) is 1.22. The van der Waals surface area contributed by atoms with Gasteiger partial charge in [-0.05, 0) is 29.7 Å². The van der Waals surface area contributed by atoms with E-state index in [1.165, 1.54) is 0 Å². The number of alkyl halides is 1. The molecule has 1 nitrogen and oxygen atoms in total. The molecule has 0 bridgehead atoms. The van der Waals surface area contributed by atoms with Crippen LogP contribution in [0.15, 0.2) is 24.8 Å². The van der Waals surface area contributed by atoms with Crippen LogP contribution in [0.25, 0.3) is 6.08 Å². The first-order chi connectivity index (χ1) is 6.31. The normalized spacial score (nSPS) is 9.69. The summed E-state index contributed by atoms with van der Waals surface area (Å²) in [7, 11) is 1.67. The van der Waals surface area contributed by atoms with E-state index in [0.717, 1.165) is 23.3 Å². The average molecular weight is 197 g/mol. The molecule has 1 aromatic rings. The summed E-state index contributed by atoms with van der Waals surface area (Å²) < 4.78 is 5.20. The van der Waals surface area contributed by atoms with Crippen LogP contribution < -0.4 is 4.74 Å². The predicted molar refractivity (Wildman–Crippen MR) is 57.5 cm³/mol. The second-order valence-electron chi connectivity index (χ2n) is 2.71. The molecular weight excluding hydrogens is 184 g/mol. The molecule has 13 heavy (non-hydrogen) atoms. The number of hydrogen-bond acceptors (Lipinski definition) is 1. The molecule has 0 saturated carbocycles. The molecule has 0 N–H and O–H groups in total. The Morgan fingerprint density at radius 1 is 1.54 bits per heavy atom. The lowest BCUT2D eigenvalue weighted by atomic mass is 10.1. The zero-order valence-electron chi connectivity index (χ0n) is 7.72. The largest absolute Gasteiger partial charge is 0.496 e. The molecule has 70 valence electrons. The van der Waals surface area contributed by atoms with E-state index in [0.29, 0.717) is 5.88 Å². The Hall–Kier alpha value is -0.950. The third-order valence-corrected chi connectivity index (χ3v) is 2.09. The highest BCUT2D eigenvalue weighted by atomic mass is 35.5. The van der Waals surface area contributed by atoms with Gasteiger partial charge in [0.1, 0.15) is 5.75 Å². The highest BCUT2D eigenvalue weighted by Gasteiger charge is 2.01. The monoisotopic (exact) mass is 196 g/mol. The Labute approximate surface area is 84.0 Å². The van der Waals surface area contributed by atoms with E-state index in [4.69, 9.17) is 16.3 Å². The lowest BCUT2D eigenvalue weighted by Gasteiger charge is -2.07. The van der Waals surface area contributed by atoms with Crippen molar-refractivity contribution >= 4 is 17.7 Å². The maximum absolute atomic E-state index is 5.68. The Bertz CT molecular complexity index is 294. The number of aryl methyl sites for hydroxylation is 1. The van der Waals surface area contributed by atoms with Gasteiger partial charge in [0.2, 0.25) is 0 Å². The first kappa shape index (κ1) is 10.1. The topological polar surface area (TPSA) is 9.23 Å². The SMILES string of the molecule is C=Cc1ccc(OC)c(CCCl)c1. The van der Waals surface area contributed by atoms with E-state index < -0.39 is 0 Å². The van der Waals surface area contributed by atoms with Crippen LogP contribution in [0, 0.1) is 0 Å². The van der Waals surface area contributed by atoms with Gasteiger partial charge >= 0.3 is 0 Å². The van der Waals surface area contributed by atoms with Gasteiger partial charge < -0.3 is 4.74 Å². The van der Waals surface area contributed by atoms with E-state index in [1.807, 2.05) is 24.3 Å². The van der Waals surface area contributed by atoms with Gasteiger partial charge in [-0.15, -0.1) is 11.6 Å². The minimum absolute atomic E-state index is 0.608. The van der Waals surface area contributed by atoms with Crippen molar-refractivity contribution in [1.29, 1.82) is 0 Å². The molecule has 0 aromatic heterocycles. The lowest BCUT2D eigenvalue weighted by Crippen LogP contribution is -1.93. The van der Waals surface area contributed by atoms with Gasteiger partial charge in [0.05, 0.1) is 7.11 Å². The van der Waals surface area contributed by atoms with Crippen LogP contribution in [0.5, 0.6) is 5.75 Å². The number of ether oxygens (including phenoxy) is 1. The molecule has 2 heteroatoms. The Kier molecular flexibility index (Phi) is 3.84. The molecule has 0 aliphatic carbocycles. The van der Waals surface area contributed by atoms with Gasteiger partial charge in [-0.25, -0.2) is 0 Å². The maximum atomic E-state index is 5.68. The van der Waals surface area contributed by atoms with Crippen LogP contribution in [0.2, 0.25) is 0 Å². The van der Waals surface area contributed by atoms with Crippen molar-refractivity contribution in [3.8, 4) is 5.75 Å².